The van der Waals surface area contributed by atoms with Crippen LogP contribution in [0.3, 0.4) is 0 Å². The van der Waals surface area contributed by atoms with Crippen LogP contribution in [0.5, 0.6) is 0 Å². The van der Waals surface area contributed by atoms with Crippen LogP contribution in [-0.2, 0) is 22.3 Å². The maximum Gasteiger partial charge on any atom is 0.490 e. The molecule has 0 aliphatic carbocycles. The molecule has 28 heavy (non-hydrogen) atoms. The summed E-state index contributed by atoms with van der Waals surface area (Å²) in [6, 6.07) is 7.86. The quantitative estimate of drug-likeness (QED) is 0.536. The summed E-state index contributed by atoms with van der Waals surface area (Å²) >= 11 is 0. The van der Waals surface area contributed by atoms with Gasteiger partial charge in [-0.2, -0.15) is 26.3 Å². The molecule has 0 unspecified atom stereocenters. The zero-order valence-electron chi connectivity index (χ0n) is 13.6. The molecule has 0 aliphatic heterocycles. The summed E-state index contributed by atoms with van der Waals surface area (Å²) in [5.41, 5.74) is -3.57. The first-order valence-corrected chi connectivity index (χ1v) is 7.49. The molecule has 12 heteroatoms. The van der Waals surface area contributed by atoms with Gasteiger partial charge in [-0.3, -0.25) is 9.89 Å². The molecule has 0 amide bonds. The second-order valence-corrected chi connectivity index (χ2v) is 5.54. The summed E-state index contributed by atoms with van der Waals surface area (Å²) in [4.78, 5) is 26.7. The molecule has 148 valence electrons. The smallest absolute Gasteiger partial charge is 0.453 e. The number of hydrogen-bond acceptors (Lipinski definition) is 4. The van der Waals surface area contributed by atoms with Crippen LogP contribution in [0.15, 0.2) is 41.2 Å². The average molecular weight is 405 g/mol. The monoisotopic (exact) mass is 405 g/mol. The number of carbonyl (C=O) groups is 1. The minimum absolute atomic E-state index is 0.0740. The molecule has 1 aromatic carbocycles. The van der Waals surface area contributed by atoms with E-state index in [1.165, 1.54) is 24.3 Å². The number of carbonyl (C=O) groups excluding carboxylic acids is 1. The molecule has 0 saturated heterocycles. The first-order valence-electron chi connectivity index (χ1n) is 7.49. The molecule has 0 atom stereocenters. The van der Waals surface area contributed by atoms with E-state index in [0.717, 1.165) is 0 Å². The Bertz CT molecular complexity index is 1080. The van der Waals surface area contributed by atoms with Crippen molar-refractivity contribution in [2.75, 3.05) is 0 Å². The lowest BCUT2D eigenvalue weighted by Crippen LogP contribution is -2.26. The summed E-state index contributed by atoms with van der Waals surface area (Å²) in [6.45, 7) is -1.04. The van der Waals surface area contributed by atoms with Gasteiger partial charge in [0.15, 0.2) is 5.65 Å². The van der Waals surface area contributed by atoms with Crippen LogP contribution in [0.4, 0.5) is 26.3 Å². The molecule has 0 fully saturated rings. The molecule has 3 rings (SSSR count). The number of nitrogens with zero attached hydrogens (tertiary/aromatic N) is 2. The fraction of sp³-hybridized carbons (Fsp3) is 0.188. The minimum atomic E-state index is -5.26. The zero-order chi connectivity index (χ0) is 20.7. The number of rotatable bonds is 3. The minimum Gasteiger partial charge on any atom is -0.453 e. The molecule has 0 aliphatic rings. The number of aromatic nitrogens is 3. The Hall–Kier alpha value is -3.31. The van der Waals surface area contributed by atoms with Gasteiger partial charge in [-0.05, 0) is 5.56 Å². The van der Waals surface area contributed by atoms with Crippen LogP contribution >= 0.6 is 0 Å². The molecule has 3 aromatic rings. The fourth-order valence-corrected chi connectivity index (χ4v) is 2.46. The topological polar surface area (TPSA) is 76.5 Å². The molecule has 6 nitrogen and oxygen atoms in total. The van der Waals surface area contributed by atoms with E-state index in [-0.39, 0.29) is 5.56 Å². The number of halogens is 6. The van der Waals surface area contributed by atoms with Gasteiger partial charge in [-0.15, -0.1) is 0 Å². The number of nitrogens with one attached hydrogen (secondary N) is 1. The lowest BCUT2D eigenvalue weighted by atomic mass is 10.1. The van der Waals surface area contributed by atoms with Crippen LogP contribution in [-0.4, -0.2) is 26.7 Å². The van der Waals surface area contributed by atoms with E-state index in [9.17, 15) is 35.9 Å². The van der Waals surface area contributed by atoms with Crippen molar-refractivity contribution in [2.24, 2.45) is 0 Å². The Kier molecular flexibility index (Phi) is 4.65. The molecule has 0 bridgehead atoms. The largest absolute Gasteiger partial charge is 0.490 e. The standard InChI is InChI=1S/C16H9F6N3O3/c17-15(18,19)12-11(8-4-2-1-3-5-8)13-23-9(6-10(26)25(13)24-12)7-28-14(27)16(20,21)22/h1-6,24H,7H2. The summed E-state index contributed by atoms with van der Waals surface area (Å²) in [6.07, 6.45) is -10.1. The number of ether oxygens (including phenoxy) is 1. The molecule has 1 N–H and O–H groups in total. The second-order valence-electron chi connectivity index (χ2n) is 5.54. The molecule has 2 aromatic heterocycles. The number of alkyl halides is 6. The van der Waals surface area contributed by atoms with Crippen molar-refractivity contribution in [3.8, 4) is 11.1 Å². The predicted octanol–water partition coefficient (Wildman–Crippen LogP) is 3.31. The van der Waals surface area contributed by atoms with E-state index < -0.39 is 53.1 Å². The normalized spacial score (nSPS) is 12.4. The number of H-pyrrole nitrogens is 1. The van der Waals surface area contributed by atoms with Crippen molar-refractivity contribution < 1.29 is 35.9 Å². The van der Waals surface area contributed by atoms with Crippen LogP contribution < -0.4 is 5.56 Å². The number of aromatic amines is 1. The summed E-state index contributed by atoms with van der Waals surface area (Å²) < 4.78 is 81.4. The molecule has 2 heterocycles. The van der Waals surface area contributed by atoms with Gasteiger partial charge in [0.25, 0.3) is 5.56 Å². The van der Waals surface area contributed by atoms with Gasteiger partial charge in [0, 0.05) is 6.07 Å². The summed E-state index contributed by atoms with van der Waals surface area (Å²) in [5.74, 6) is -2.51. The maximum atomic E-state index is 13.4. The predicted molar refractivity (Wildman–Crippen MR) is 82.1 cm³/mol. The first kappa shape index (κ1) is 19.5. The molecular formula is C16H9F6N3O3. The SMILES string of the molecule is O=C(OCc1cc(=O)n2[nH]c(C(F)(F)F)c(-c3ccccc3)c2n1)C(F)(F)F. The van der Waals surface area contributed by atoms with Crippen LogP contribution in [0.1, 0.15) is 11.4 Å². The van der Waals surface area contributed by atoms with Crippen molar-refractivity contribution in [2.45, 2.75) is 19.0 Å². The van der Waals surface area contributed by atoms with Gasteiger partial charge in [-0.1, -0.05) is 30.3 Å². The van der Waals surface area contributed by atoms with Crippen molar-refractivity contribution >= 4 is 11.6 Å². The molecule has 0 saturated carbocycles. The average Bonchev–Trinajstić information content (AvgIpc) is 3.00. The highest BCUT2D eigenvalue weighted by Gasteiger charge is 2.41. The van der Waals surface area contributed by atoms with E-state index in [1.807, 2.05) is 5.10 Å². The Balaban J connectivity index is 2.15. The van der Waals surface area contributed by atoms with Crippen LogP contribution in [0.25, 0.3) is 16.8 Å². The van der Waals surface area contributed by atoms with Gasteiger partial charge >= 0.3 is 18.3 Å². The van der Waals surface area contributed by atoms with Crippen molar-refractivity contribution in [1.29, 1.82) is 0 Å². The number of fused-ring (bicyclic) bond motifs is 1. The van der Waals surface area contributed by atoms with Crippen molar-refractivity contribution in [3.63, 3.8) is 0 Å². The summed E-state index contributed by atoms with van der Waals surface area (Å²) in [5, 5.41) is 1.92. The van der Waals surface area contributed by atoms with Crippen LogP contribution in [0.2, 0.25) is 0 Å². The maximum absolute atomic E-state index is 13.4. The Labute approximate surface area is 151 Å². The van der Waals surface area contributed by atoms with E-state index in [2.05, 4.69) is 9.72 Å². The number of hydrogen-bond donors (Lipinski definition) is 1. The Morgan fingerprint density at radius 3 is 2.32 bits per heavy atom. The van der Waals surface area contributed by atoms with E-state index in [4.69, 9.17) is 0 Å². The van der Waals surface area contributed by atoms with Gasteiger partial charge in [0.05, 0.1) is 11.3 Å². The third kappa shape index (κ3) is 3.70. The zero-order valence-corrected chi connectivity index (χ0v) is 13.6. The Morgan fingerprint density at radius 2 is 1.75 bits per heavy atom. The van der Waals surface area contributed by atoms with E-state index in [1.54, 1.807) is 6.07 Å². The Morgan fingerprint density at radius 1 is 1.11 bits per heavy atom. The third-order valence-electron chi connectivity index (χ3n) is 3.60. The van der Waals surface area contributed by atoms with Crippen LogP contribution in [0, 0.1) is 0 Å². The third-order valence-corrected chi connectivity index (χ3v) is 3.60. The first-order chi connectivity index (χ1) is 13.0. The number of benzene rings is 1. The second kappa shape index (κ2) is 6.69. The van der Waals surface area contributed by atoms with Crippen molar-refractivity contribution in [1.82, 2.24) is 14.6 Å². The highest BCUT2D eigenvalue weighted by molar-refractivity contribution is 5.80. The summed E-state index contributed by atoms with van der Waals surface area (Å²) in [7, 11) is 0. The van der Waals surface area contributed by atoms with Gasteiger partial charge < -0.3 is 4.74 Å². The van der Waals surface area contributed by atoms with Gasteiger partial charge in [-0.25, -0.2) is 14.3 Å². The highest BCUT2D eigenvalue weighted by atomic mass is 19.4. The molecule has 0 spiro atoms. The molecular weight excluding hydrogens is 396 g/mol. The van der Waals surface area contributed by atoms with Gasteiger partial charge in [0.1, 0.15) is 12.3 Å². The molecule has 0 radical (unpaired) electrons. The van der Waals surface area contributed by atoms with E-state index >= 15 is 0 Å². The van der Waals surface area contributed by atoms with Crippen molar-refractivity contribution in [3.05, 3.63) is 58.1 Å². The lowest BCUT2D eigenvalue weighted by molar-refractivity contribution is -0.201. The lowest BCUT2D eigenvalue weighted by Gasteiger charge is -2.08. The highest BCUT2D eigenvalue weighted by Crippen LogP contribution is 2.37. The van der Waals surface area contributed by atoms with Gasteiger partial charge in [0.2, 0.25) is 0 Å². The number of esters is 1. The fourth-order valence-electron chi connectivity index (χ4n) is 2.46. The van der Waals surface area contributed by atoms with E-state index in [0.29, 0.717) is 10.6 Å².